The van der Waals surface area contributed by atoms with Crippen LogP contribution in [0.2, 0.25) is 0 Å². The van der Waals surface area contributed by atoms with E-state index in [-0.39, 0.29) is 0 Å². The molecule has 7 nitrogen and oxygen atoms in total. The summed E-state index contributed by atoms with van der Waals surface area (Å²) >= 11 is 0. The van der Waals surface area contributed by atoms with Gasteiger partial charge in [0.05, 0.1) is 11.2 Å². The summed E-state index contributed by atoms with van der Waals surface area (Å²) in [6.07, 6.45) is 7.43. The number of hydrogen-bond donors (Lipinski definition) is 0. The highest BCUT2D eigenvalue weighted by atomic mass is 17.2. The summed E-state index contributed by atoms with van der Waals surface area (Å²) in [5.74, 6) is 0. The predicted octanol–water partition coefficient (Wildman–Crippen LogP) is 6.78. The molecule has 0 amide bonds. The molecular formula is C23H42O7. The molecule has 0 radical (unpaired) electrons. The van der Waals surface area contributed by atoms with Crippen molar-refractivity contribution in [1.82, 2.24) is 0 Å². The van der Waals surface area contributed by atoms with Crippen LogP contribution < -0.4 is 0 Å². The minimum atomic E-state index is -1.13. The fourth-order valence-electron chi connectivity index (χ4n) is 2.47. The van der Waals surface area contributed by atoms with Crippen molar-refractivity contribution in [3.8, 4) is 0 Å². The fraction of sp³-hybridized carbons (Fsp3) is 0.783. The predicted molar refractivity (Wildman–Crippen MR) is 116 cm³/mol. The molecule has 176 valence electrons. The smallest absolute Gasteiger partial charge is 0.398 e. The van der Waals surface area contributed by atoms with Crippen molar-refractivity contribution in [2.75, 3.05) is 0 Å². The molecule has 0 aliphatic rings. The van der Waals surface area contributed by atoms with Crippen molar-refractivity contribution in [3.05, 3.63) is 25.3 Å². The van der Waals surface area contributed by atoms with E-state index in [0.717, 1.165) is 51.4 Å². The lowest BCUT2D eigenvalue weighted by Crippen LogP contribution is -2.32. The quantitative estimate of drug-likeness (QED) is 0.0592. The zero-order chi connectivity index (χ0) is 23.0. The van der Waals surface area contributed by atoms with Crippen LogP contribution in [-0.4, -0.2) is 29.9 Å². The van der Waals surface area contributed by atoms with Gasteiger partial charge in [-0.15, -0.1) is 0 Å². The molecule has 0 fully saturated rings. The Labute approximate surface area is 182 Å². The van der Waals surface area contributed by atoms with Crippen molar-refractivity contribution < 1.29 is 33.8 Å². The van der Waals surface area contributed by atoms with E-state index in [1.54, 1.807) is 0 Å². The van der Waals surface area contributed by atoms with E-state index in [1.165, 1.54) is 12.2 Å². The topological polar surface area (TPSA) is 72.5 Å². The maximum Gasteiger partial charge on any atom is 0.513 e. The summed E-state index contributed by atoms with van der Waals surface area (Å²) < 4.78 is 10.1. The first kappa shape index (κ1) is 28.6. The third-order valence-electron chi connectivity index (χ3n) is 4.31. The first-order chi connectivity index (χ1) is 14.1. The van der Waals surface area contributed by atoms with E-state index in [4.69, 9.17) is 29.0 Å². The molecule has 2 atom stereocenters. The molecule has 30 heavy (non-hydrogen) atoms. The summed E-state index contributed by atoms with van der Waals surface area (Å²) in [6, 6.07) is 0. The molecule has 0 aromatic rings. The van der Waals surface area contributed by atoms with Crippen LogP contribution in [0.3, 0.4) is 0 Å². The molecule has 0 rings (SSSR count). The summed E-state index contributed by atoms with van der Waals surface area (Å²) in [6.45, 7) is 19.1. The monoisotopic (exact) mass is 430 g/mol. The number of unbranched alkanes of at least 4 members (excludes halogenated alkanes) is 4. The Balaban J connectivity index is 4.43. The van der Waals surface area contributed by atoms with Gasteiger partial charge in [-0.05, 0) is 52.7 Å². The Morgan fingerprint density at radius 3 is 1.43 bits per heavy atom. The van der Waals surface area contributed by atoms with Crippen molar-refractivity contribution in [2.45, 2.75) is 117 Å². The first-order valence-corrected chi connectivity index (χ1v) is 10.9. The maximum atomic E-state index is 12.0. The van der Waals surface area contributed by atoms with Crippen LogP contribution in [0.25, 0.3) is 0 Å². The molecule has 0 heterocycles. The Hall–Kier alpha value is -1.41. The Bertz CT molecular complexity index is 446. The molecule has 0 aromatic carbocycles. The van der Waals surface area contributed by atoms with Gasteiger partial charge in [-0.3, -0.25) is 0 Å². The van der Waals surface area contributed by atoms with Gasteiger partial charge in [0.2, 0.25) is 0 Å². The second-order valence-corrected chi connectivity index (χ2v) is 8.49. The van der Waals surface area contributed by atoms with Crippen molar-refractivity contribution >= 4 is 6.16 Å². The van der Waals surface area contributed by atoms with Crippen LogP contribution in [0.5, 0.6) is 0 Å². The molecule has 0 saturated heterocycles. The third kappa shape index (κ3) is 14.6. The number of hydrogen-bond acceptors (Lipinski definition) is 7. The van der Waals surface area contributed by atoms with E-state index in [1.807, 2.05) is 27.7 Å². The van der Waals surface area contributed by atoms with Crippen LogP contribution in [0.1, 0.15) is 92.9 Å². The Morgan fingerprint density at radius 1 is 0.767 bits per heavy atom. The van der Waals surface area contributed by atoms with Crippen LogP contribution in [0, 0.1) is 0 Å². The normalized spacial score (nSPS) is 14.1. The van der Waals surface area contributed by atoms with E-state index in [9.17, 15) is 4.79 Å². The van der Waals surface area contributed by atoms with Gasteiger partial charge in [0, 0.05) is 0 Å². The minimum Gasteiger partial charge on any atom is -0.398 e. The molecule has 0 spiro atoms. The van der Waals surface area contributed by atoms with E-state index in [2.05, 4.69) is 27.0 Å². The minimum absolute atomic E-state index is 0.520. The zero-order valence-electron chi connectivity index (χ0n) is 19.7. The molecular weight excluding hydrogens is 388 g/mol. The van der Waals surface area contributed by atoms with Gasteiger partial charge in [-0.2, -0.15) is 9.78 Å². The maximum absolute atomic E-state index is 12.0. The van der Waals surface area contributed by atoms with Gasteiger partial charge < -0.3 is 9.47 Å². The Morgan fingerprint density at radius 2 is 1.13 bits per heavy atom. The molecule has 7 heteroatoms. The number of rotatable bonds is 18. The highest BCUT2D eigenvalue weighted by molar-refractivity contribution is 5.60. The van der Waals surface area contributed by atoms with Crippen LogP contribution in [0.15, 0.2) is 25.3 Å². The molecule has 0 aliphatic carbocycles. The summed E-state index contributed by atoms with van der Waals surface area (Å²) in [5.41, 5.74) is -1.04. The average molecular weight is 431 g/mol. The van der Waals surface area contributed by atoms with Crippen molar-refractivity contribution in [2.24, 2.45) is 0 Å². The zero-order valence-corrected chi connectivity index (χ0v) is 19.7. The molecule has 0 bridgehead atoms. The van der Waals surface area contributed by atoms with Crippen molar-refractivity contribution in [3.63, 3.8) is 0 Å². The van der Waals surface area contributed by atoms with Crippen LogP contribution >= 0.6 is 0 Å². The summed E-state index contributed by atoms with van der Waals surface area (Å²) in [5, 5.41) is 0. The highest BCUT2D eigenvalue weighted by Gasteiger charge is 2.26. The average Bonchev–Trinajstić information content (AvgIpc) is 2.68. The fourth-order valence-corrected chi connectivity index (χ4v) is 2.47. The molecule has 0 aromatic heterocycles. The van der Waals surface area contributed by atoms with E-state index < -0.39 is 29.9 Å². The first-order valence-electron chi connectivity index (χ1n) is 10.9. The Kier molecular flexibility index (Phi) is 14.7. The lowest BCUT2D eigenvalue weighted by atomic mass is 10.0. The molecule has 0 saturated carbocycles. The van der Waals surface area contributed by atoms with Gasteiger partial charge in [0.25, 0.3) is 12.6 Å². The highest BCUT2D eigenvalue weighted by Crippen LogP contribution is 2.21. The largest absolute Gasteiger partial charge is 0.513 e. The number of carbonyl (C=O) groups is 1. The number of carbonyl (C=O) groups excluding carboxylic acids is 1. The summed E-state index contributed by atoms with van der Waals surface area (Å²) in [4.78, 5) is 33.3. The SMILES string of the molecule is C=CC(OOC(C)(C)CCCCC)OC(=O)OC(C=C)OOC(C)(C)CCCCC. The van der Waals surface area contributed by atoms with Crippen LogP contribution in [-0.2, 0) is 29.0 Å². The lowest BCUT2D eigenvalue weighted by Gasteiger charge is -2.26. The van der Waals surface area contributed by atoms with Gasteiger partial charge in [-0.1, -0.05) is 65.5 Å². The third-order valence-corrected chi connectivity index (χ3v) is 4.31. The van der Waals surface area contributed by atoms with Gasteiger partial charge in [-0.25, -0.2) is 14.6 Å². The molecule has 2 unspecified atom stereocenters. The summed E-state index contributed by atoms with van der Waals surface area (Å²) in [7, 11) is 0. The second kappa shape index (κ2) is 15.4. The van der Waals surface area contributed by atoms with Gasteiger partial charge >= 0.3 is 6.16 Å². The van der Waals surface area contributed by atoms with Gasteiger partial charge in [0.15, 0.2) is 0 Å². The van der Waals surface area contributed by atoms with Gasteiger partial charge in [0.1, 0.15) is 0 Å². The van der Waals surface area contributed by atoms with Crippen molar-refractivity contribution in [1.29, 1.82) is 0 Å². The van der Waals surface area contributed by atoms with E-state index >= 15 is 0 Å². The van der Waals surface area contributed by atoms with Crippen LogP contribution in [0.4, 0.5) is 4.79 Å². The number of ether oxygens (including phenoxy) is 2. The lowest BCUT2D eigenvalue weighted by molar-refractivity contribution is -0.412. The second-order valence-electron chi connectivity index (χ2n) is 8.49. The molecule has 0 aliphatic heterocycles. The molecule has 0 N–H and O–H groups in total. The standard InChI is InChI=1S/C23H42O7/c1-9-13-15-17-22(5,6)29-27-19(11-3)25-21(24)26-20(12-4)28-30-23(7,8)18-16-14-10-2/h11-12,19-20H,3-4,9-10,13-18H2,1-2,5-8H3. The van der Waals surface area contributed by atoms with E-state index in [0.29, 0.717) is 0 Å².